The summed E-state index contributed by atoms with van der Waals surface area (Å²) < 4.78 is 6.89. The first-order valence-corrected chi connectivity index (χ1v) is 5.87. The van der Waals surface area contributed by atoms with Gasteiger partial charge in [0, 0.05) is 4.48 Å². The Labute approximate surface area is 98.6 Å². The third kappa shape index (κ3) is 2.96. The number of hydrogen-bond acceptors (Lipinski definition) is 1. The van der Waals surface area contributed by atoms with Crippen molar-refractivity contribution in [2.75, 3.05) is 0 Å². The van der Waals surface area contributed by atoms with Gasteiger partial charge >= 0.3 is 0 Å². The van der Waals surface area contributed by atoms with Crippen LogP contribution >= 0.6 is 15.9 Å². The Morgan fingerprint density at radius 3 is 2.73 bits per heavy atom. The van der Waals surface area contributed by atoms with E-state index in [4.69, 9.17) is 4.74 Å². The summed E-state index contributed by atoms with van der Waals surface area (Å²) in [7, 11) is 0. The normalized spacial score (nSPS) is 15.5. The van der Waals surface area contributed by atoms with Crippen LogP contribution in [0.3, 0.4) is 0 Å². The van der Waals surface area contributed by atoms with Crippen LogP contribution in [0.4, 0.5) is 0 Å². The second-order valence-electron chi connectivity index (χ2n) is 3.48. The van der Waals surface area contributed by atoms with E-state index in [9.17, 15) is 0 Å². The lowest BCUT2D eigenvalue weighted by Gasteiger charge is -2.12. The Kier molecular flexibility index (Phi) is 3.62. The summed E-state index contributed by atoms with van der Waals surface area (Å²) in [6.07, 6.45) is 6.32. The predicted octanol–water partition coefficient (Wildman–Crippen LogP) is 4.16. The highest BCUT2D eigenvalue weighted by atomic mass is 79.9. The van der Waals surface area contributed by atoms with Crippen molar-refractivity contribution in [2.45, 2.75) is 19.4 Å². The van der Waals surface area contributed by atoms with E-state index >= 15 is 0 Å². The minimum Gasteiger partial charge on any atom is -0.488 e. The molecular weight excluding hydrogens is 252 g/mol. The Hall–Kier alpha value is -1.02. The van der Waals surface area contributed by atoms with E-state index in [2.05, 4.69) is 34.1 Å². The molecule has 0 amide bonds. The fraction of sp³-hybridized carbons (Fsp3) is 0.231. The van der Waals surface area contributed by atoms with Crippen LogP contribution in [0.1, 0.15) is 18.4 Å². The average Bonchev–Trinajstić information content (AvgIpc) is 2.29. The van der Waals surface area contributed by atoms with Gasteiger partial charge in [-0.2, -0.15) is 0 Å². The van der Waals surface area contributed by atoms with Crippen LogP contribution in [0.25, 0.3) is 0 Å². The Morgan fingerprint density at radius 1 is 1.20 bits per heavy atom. The van der Waals surface area contributed by atoms with Gasteiger partial charge in [-0.15, -0.1) is 0 Å². The fourth-order valence-electron chi connectivity index (χ4n) is 1.48. The Morgan fingerprint density at radius 2 is 2.00 bits per heavy atom. The van der Waals surface area contributed by atoms with Crippen molar-refractivity contribution < 1.29 is 4.74 Å². The second-order valence-corrected chi connectivity index (χ2v) is 4.44. The van der Waals surface area contributed by atoms with Crippen molar-refractivity contribution >= 4 is 15.9 Å². The second kappa shape index (κ2) is 5.17. The lowest BCUT2D eigenvalue weighted by atomic mass is 10.2. The Bertz CT molecular complexity index is 379. The first-order valence-electron chi connectivity index (χ1n) is 5.08. The molecule has 15 heavy (non-hydrogen) atoms. The highest BCUT2D eigenvalue weighted by Crippen LogP contribution is 2.25. The topological polar surface area (TPSA) is 9.23 Å². The molecule has 0 bridgehead atoms. The molecule has 0 atom stereocenters. The van der Waals surface area contributed by atoms with E-state index in [1.165, 1.54) is 10.0 Å². The molecule has 0 unspecified atom stereocenters. The molecule has 78 valence electrons. The molecule has 0 saturated carbocycles. The molecule has 1 aliphatic rings. The molecule has 1 nitrogen and oxygen atoms in total. The maximum Gasteiger partial charge on any atom is 0.129 e. The molecule has 0 aliphatic heterocycles. The zero-order chi connectivity index (χ0) is 10.5. The molecule has 2 rings (SSSR count). The largest absolute Gasteiger partial charge is 0.488 e. The van der Waals surface area contributed by atoms with E-state index in [0.29, 0.717) is 6.61 Å². The monoisotopic (exact) mass is 264 g/mol. The van der Waals surface area contributed by atoms with Crippen molar-refractivity contribution in [2.24, 2.45) is 0 Å². The Balaban J connectivity index is 1.96. The maximum atomic E-state index is 5.73. The van der Waals surface area contributed by atoms with Crippen LogP contribution in [0.2, 0.25) is 0 Å². The standard InChI is InChI=1S/C13H13BrO/c14-12-8-4-5-9-13(12)15-10-11-6-2-1-3-7-11/h1-3,5-7,9H,4,8,10H2. The summed E-state index contributed by atoms with van der Waals surface area (Å²) in [5.41, 5.74) is 1.20. The number of rotatable bonds is 3. The lowest BCUT2D eigenvalue weighted by molar-refractivity contribution is 0.208. The molecule has 2 heteroatoms. The molecule has 0 N–H and O–H groups in total. The third-order valence-corrected chi connectivity index (χ3v) is 3.09. The van der Waals surface area contributed by atoms with Gasteiger partial charge in [-0.25, -0.2) is 0 Å². The number of hydrogen-bond donors (Lipinski definition) is 0. The summed E-state index contributed by atoms with van der Waals surface area (Å²) in [5.74, 6) is 0.963. The van der Waals surface area contributed by atoms with E-state index in [0.717, 1.165) is 18.6 Å². The van der Waals surface area contributed by atoms with Crippen molar-refractivity contribution in [1.29, 1.82) is 0 Å². The van der Waals surface area contributed by atoms with Gasteiger partial charge in [0.25, 0.3) is 0 Å². The smallest absolute Gasteiger partial charge is 0.129 e. The van der Waals surface area contributed by atoms with Gasteiger partial charge in [0.2, 0.25) is 0 Å². The molecule has 0 saturated heterocycles. The number of allylic oxidation sites excluding steroid dienone is 3. The van der Waals surface area contributed by atoms with E-state index in [-0.39, 0.29) is 0 Å². The molecule has 1 aromatic rings. The third-order valence-electron chi connectivity index (χ3n) is 2.30. The zero-order valence-corrected chi connectivity index (χ0v) is 10.0. The van der Waals surface area contributed by atoms with Gasteiger partial charge in [0.15, 0.2) is 0 Å². The number of halogens is 1. The highest BCUT2D eigenvalue weighted by molar-refractivity contribution is 9.11. The summed E-state index contributed by atoms with van der Waals surface area (Å²) in [6, 6.07) is 10.2. The van der Waals surface area contributed by atoms with Gasteiger partial charge in [-0.05, 0) is 24.5 Å². The molecular formula is C13H13BrO. The fourth-order valence-corrected chi connectivity index (χ4v) is 1.95. The lowest BCUT2D eigenvalue weighted by Crippen LogP contribution is -1.96. The van der Waals surface area contributed by atoms with Gasteiger partial charge in [-0.3, -0.25) is 0 Å². The maximum absolute atomic E-state index is 5.73. The van der Waals surface area contributed by atoms with Crippen molar-refractivity contribution in [3.8, 4) is 0 Å². The molecule has 0 spiro atoms. The predicted molar refractivity (Wildman–Crippen MR) is 65.6 cm³/mol. The number of ether oxygens (including phenoxy) is 1. The van der Waals surface area contributed by atoms with Crippen molar-refractivity contribution in [1.82, 2.24) is 0 Å². The van der Waals surface area contributed by atoms with E-state index in [1.807, 2.05) is 24.3 Å². The molecule has 0 heterocycles. The number of benzene rings is 1. The van der Waals surface area contributed by atoms with Crippen molar-refractivity contribution in [3.63, 3.8) is 0 Å². The van der Waals surface area contributed by atoms with Gasteiger partial charge in [0.1, 0.15) is 12.4 Å². The summed E-state index contributed by atoms with van der Waals surface area (Å²) in [6.45, 7) is 0.635. The van der Waals surface area contributed by atoms with Crippen LogP contribution in [0.5, 0.6) is 0 Å². The molecule has 1 aliphatic carbocycles. The van der Waals surface area contributed by atoms with Gasteiger partial charge < -0.3 is 4.74 Å². The molecule has 1 aromatic carbocycles. The minimum atomic E-state index is 0.635. The molecule has 0 radical (unpaired) electrons. The quantitative estimate of drug-likeness (QED) is 0.797. The van der Waals surface area contributed by atoms with Crippen LogP contribution in [0, 0.1) is 0 Å². The summed E-state index contributed by atoms with van der Waals surface area (Å²) in [4.78, 5) is 0. The van der Waals surface area contributed by atoms with Crippen molar-refractivity contribution in [3.05, 3.63) is 58.3 Å². The van der Waals surface area contributed by atoms with Crippen LogP contribution < -0.4 is 0 Å². The van der Waals surface area contributed by atoms with Crippen LogP contribution in [-0.4, -0.2) is 0 Å². The van der Waals surface area contributed by atoms with E-state index in [1.54, 1.807) is 0 Å². The van der Waals surface area contributed by atoms with Gasteiger partial charge in [-0.1, -0.05) is 52.3 Å². The average molecular weight is 265 g/mol. The van der Waals surface area contributed by atoms with Gasteiger partial charge in [0.05, 0.1) is 0 Å². The molecule has 0 aromatic heterocycles. The SMILES string of the molecule is BrC1=C(OCc2ccccc2)C=CCC1. The van der Waals surface area contributed by atoms with E-state index < -0.39 is 0 Å². The first kappa shape index (κ1) is 10.5. The summed E-state index contributed by atoms with van der Waals surface area (Å²) >= 11 is 3.53. The van der Waals surface area contributed by atoms with Crippen LogP contribution in [0.15, 0.2) is 52.7 Å². The van der Waals surface area contributed by atoms with Crippen LogP contribution in [-0.2, 0) is 11.3 Å². The summed E-state index contributed by atoms with van der Waals surface area (Å²) in [5, 5.41) is 0. The highest BCUT2D eigenvalue weighted by Gasteiger charge is 2.06. The zero-order valence-electron chi connectivity index (χ0n) is 8.45. The minimum absolute atomic E-state index is 0.635. The first-order chi connectivity index (χ1) is 7.36. The molecule has 0 fully saturated rings.